The molecule has 1 aliphatic heterocycles. The maximum absolute atomic E-state index is 5.95. The predicted molar refractivity (Wildman–Crippen MR) is 130 cm³/mol. The monoisotopic (exact) mass is 475 g/mol. The van der Waals surface area contributed by atoms with Crippen molar-refractivity contribution in [1.29, 1.82) is 0 Å². The van der Waals surface area contributed by atoms with Gasteiger partial charge in [0, 0.05) is 53.5 Å². The van der Waals surface area contributed by atoms with Gasteiger partial charge >= 0.3 is 0 Å². The fraction of sp³-hybridized carbons (Fsp3) is 0.174. The molecule has 4 aromatic rings. The standard InChI is InChI=1S/C23H22BrN7/c24-17-2-1-3-18(13-17)28-22-19-12-15(4-6-20(19)29-23(25)30-22)16-5-7-21(27-14-16)31-10-8-26-9-11-31/h1-7,12-14,26H,8-11H2,(H3,25,28,29,30). The number of aromatic nitrogens is 3. The molecule has 2 aromatic heterocycles. The first kappa shape index (κ1) is 19.7. The molecule has 0 spiro atoms. The third-order valence-corrected chi connectivity index (χ3v) is 5.82. The van der Waals surface area contributed by atoms with E-state index < -0.39 is 0 Å². The average molecular weight is 476 g/mol. The van der Waals surface area contributed by atoms with E-state index in [4.69, 9.17) is 10.7 Å². The highest BCUT2D eigenvalue weighted by Crippen LogP contribution is 2.30. The van der Waals surface area contributed by atoms with E-state index in [1.807, 2.05) is 42.6 Å². The van der Waals surface area contributed by atoms with Gasteiger partial charge in [0.05, 0.1) is 5.52 Å². The Kier molecular flexibility index (Phi) is 5.40. The van der Waals surface area contributed by atoms with Crippen molar-refractivity contribution in [2.24, 2.45) is 0 Å². The normalized spacial score (nSPS) is 14.0. The SMILES string of the molecule is Nc1nc(Nc2cccc(Br)c2)c2cc(-c3ccc(N4CCNCC4)nc3)ccc2n1. The number of benzene rings is 2. The molecular formula is C23H22BrN7. The van der Waals surface area contributed by atoms with Crippen molar-refractivity contribution in [1.82, 2.24) is 20.3 Å². The summed E-state index contributed by atoms with van der Waals surface area (Å²) in [7, 11) is 0. The number of pyridine rings is 1. The molecule has 4 N–H and O–H groups in total. The summed E-state index contributed by atoms with van der Waals surface area (Å²) in [5.74, 6) is 1.92. The Hall–Kier alpha value is -3.23. The van der Waals surface area contributed by atoms with Crippen molar-refractivity contribution >= 4 is 50.1 Å². The molecule has 0 radical (unpaired) electrons. The van der Waals surface area contributed by atoms with Gasteiger partial charge in [0.15, 0.2) is 0 Å². The van der Waals surface area contributed by atoms with Crippen molar-refractivity contribution in [3.8, 4) is 11.1 Å². The minimum atomic E-state index is 0.236. The minimum absolute atomic E-state index is 0.236. The van der Waals surface area contributed by atoms with Gasteiger partial charge in [-0.05, 0) is 48.0 Å². The van der Waals surface area contributed by atoms with Crippen molar-refractivity contribution < 1.29 is 0 Å². The quantitative estimate of drug-likeness (QED) is 0.407. The maximum atomic E-state index is 5.95. The summed E-state index contributed by atoms with van der Waals surface area (Å²) in [4.78, 5) is 15.8. The molecule has 0 atom stereocenters. The summed E-state index contributed by atoms with van der Waals surface area (Å²) < 4.78 is 0.986. The molecule has 2 aromatic carbocycles. The van der Waals surface area contributed by atoms with Gasteiger partial charge in [-0.15, -0.1) is 0 Å². The Morgan fingerprint density at radius 3 is 2.58 bits per heavy atom. The number of nitrogens with two attached hydrogens (primary N) is 1. The number of fused-ring (bicyclic) bond motifs is 1. The molecule has 31 heavy (non-hydrogen) atoms. The highest BCUT2D eigenvalue weighted by atomic mass is 79.9. The summed E-state index contributed by atoms with van der Waals surface area (Å²) in [5, 5.41) is 7.64. The molecular weight excluding hydrogens is 454 g/mol. The minimum Gasteiger partial charge on any atom is -0.368 e. The molecule has 0 bridgehead atoms. The third kappa shape index (κ3) is 4.30. The number of rotatable bonds is 4. The van der Waals surface area contributed by atoms with E-state index in [0.29, 0.717) is 5.82 Å². The van der Waals surface area contributed by atoms with Crippen LogP contribution in [0, 0.1) is 0 Å². The van der Waals surface area contributed by atoms with Gasteiger partial charge in [0.1, 0.15) is 11.6 Å². The average Bonchev–Trinajstić information content (AvgIpc) is 2.79. The van der Waals surface area contributed by atoms with Gasteiger partial charge in [0.25, 0.3) is 0 Å². The predicted octanol–water partition coefficient (Wildman–Crippen LogP) is 4.19. The zero-order valence-electron chi connectivity index (χ0n) is 16.8. The number of halogens is 1. The van der Waals surface area contributed by atoms with Crippen molar-refractivity contribution in [3.63, 3.8) is 0 Å². The molecule has 1 saturated heterocycles. The van der Waals surface area contributed by atoms with Crippen LogP contribution >= 0.6 is 15.9 Å². The van der Waals surface area contributed by atoms with Crippen molar-refractivity contribution in [2.75, 3.05) is 42.1 Å². The molecule has 0 unspecified atom stereocenters. The smallest absolute Gasteiger partial charge is 0.222 e. The summed E-state index contributed by atoms with van der Waals surface area (Å²) in [6.07, 6.45) is 1.93. The van der Waals surface area contributed by atoms with E-state index in [2.05, 4.69) is 59.6 Å². The summed E-state index contributed by atoms with van der Waals surface area (Å²) in [6.45, 7) is 3.94. The zero-order chi connectivity index (χ0) is 21.2. The molecule has 0 saturated carbocycles. The highest BCUT2D eigenvalue weighted by Gasteiger charge is 2.13. The Morgan fingerprint density at radius 1 is 0.968 bits per heavy atom. The van der Waals surface area contributed by atoms with E-state index >= 15 is 0 Å². The lowest BCUT2D eigenvalue weighted by Crippen LogP contribution is -2.43. The van der Waals surface area contributed by atoms with Gasteiger partial charge in [-0.3, -0.25) is 0 Å². The van der Waals surface area contributed by atoms with Crippen LogP contribution in [0.15, 0.2) is 65.3 Å². The number of nitrogens with zero attached hydrogens (tertiary/aromatic N) is 4. The van der Waals surface area contributed by atoms with Gasteiger partial charge in [-0.25, -0.2) is 9.97 Å². The molecule has 0 aliphatic carbocycles. The fourth-order valence-electron chi connectivity index (χ4n) is 3.76. The van der Waals surface area contributed by atoms with Gasteiger partial charge in [-0.1, -0.05) is 28.1 Å². The van der Waals surface area contributed by atoms with Crippen LogP contribution in [-0.2, 0) is 0 Å². The second-order valence-electron chi connectivity index (χ2n) is 7.44. The molecule has 1 fully saturated rings. The second-order valence-corrected chi connectivity index (χ2v) is 8.36. The lowest BCUT2D eigenvalue weighted by atomic mass is 10.0. The van der Waals surface area contributed by atoms with Crippen LogP contribution in [0.1, 0.15) is 0 Å². The van der Waals surface area contributed by atoms with Crippen LogP contribution in [0.3, 0.4) is 0 Å². The Morgan fingerprint density at radius 2 is 1.81 bits per heavy atom. The third-order valence-electron chi connectivity index (χ3n) is 5.32. The van der Waals surface area contributed by atoms with Crippen molar-refractivity contribution in [2.45, 2.75) is 0 Å². The van der Waals surface area contributed by atoms with Crippen molar-refractivity contribution in [3.05, 3.63) is 65.3 Å². The van der Waals surface area contributed by atoms with E-state index in [1.165, 1.54) is 0 Å². The lowest BCUT2D eigenvalue weighted by molar-refractivity contribution is 0.585. The van der Waals surface area contributed by atoms with E-state index in [1.54, 1.807) is 0 Å². The first-order valence-corrected chi connectivity index (χ1v) is 11.0. The molecule has 3 heterocycles. The first-order valence-electron chi connectivity index (χ1n) is 10.2. The van der Waals surface area contributed by atoms with Gasteiger partial charge < -0.3 is 21.3 Å². The van der Waals surface area contributed by atoms with Crippen LogP contribution in [0.5, 0.6) is 0 Å². The highest BCUT2D eigenvalue weighted by molar-refractivity contribution is 9.10. The molecule has 0 amide bonds. The summed E-state index contributed by atoms with van der Waals surface area (Å²) >= 11 is 3.51. The Labute approximate surface area is 188 Å². The number of nitrogens with one attached hydrogen (secondary N) is 2. The lowest BCUT2D eigenvalue weighted by Gasteiger charge is -2.28. The fourth-order valence-corrected chi connectivity index (χ4v) is 4.16. The van der Waals surface area contributed by atoms with Crippen LogP contribution in [-0.4, -0.2) is 41.1 Å². The van der Waals surface area contributed by atoms with E-state index in [9.17, 15) is 0 Å². The molecule has 8 heteroatoms. The van der Waals surface area contributed by atoms with Crippen LogP contribution in [0.25, 0.3) is 22.0 Å². The Balaban J connectivity index is 1.49. The number of piperazine rings is 1. The first-order chi connectivity index (χ1) is 15.2. The number of hydrogen-bond acceptors (Lipinski definition) is 7. The molecule has 7 nitrogen and oxygen atoms in total. The topological polar surface area (TPSA) is 92.0 Å². The summed E-state index contributed by atoms with van der Waals surface area (Å²) in [5.41, 5.74) is 9.76. The zero-order valence-corrected chi connectivity index (χ0v) is 18.4. The van der Waals surface area contributed by atoms with E-state index in [-0.39, 0.29) is 5.95 Å². The van der Waals surface area contributed by atoms with Crippen LogP contribution in [0.4, 0.5) is 23.3 Å². The number of hydrogen-bond donors (Lipinski definition) is 3. The van der Waals surface area contributed by atoms with E-state index in [0.717, 1.165) is 64.2 Å². The number of anilines is 4. The van der Waals surface area contributed by atoms with Gasteiger partial charge in [0.2, 0.25) is 5.95 Å². The van der Waals surface area contributed by atoms with Crippen LogP contribution < -0.4 is 21.3 Å². The largest absolute Gasteiger partial charge is 0.368 e. The molecule has 1 aliphatic rings. The second kappa shape index (κ2) is 8.49. The van der Waals surface area contributed by atoms with Gasteiger partial charge in [-0.2, -0.15) is 4.98 Å². The molecule has 5 rings (SSSR count). The molecule has 156 valence electrons. The van der Waals surface area contributed by atoms with Crippen LogP contribution in [0.2, 0.25) is 0 Å². The maximum Gasteiger partial charge on any atom is 0.222 e. The number of nitrogen functional groups attached to an aromatic ring is 1. The summed E-state index contributed by atoms with van der Waals surface area (Å²) in [6, 6.07) is 18.2. The Bertz CT molecular complexity index is 1220.